The van der Waals surface area contributed by atoms with Crippen LogP contribution < -0.4 is 18.9 Å². The van der Waals surface area contributed by atoms with Gasteiger partial charge in [0.05, 0.1) is 14.2 Å². The van der Waals surface area contributed by atoms with Crippen LogP contribution in [0.25, 0.3) is 0 Å². The number of carbonyl (C=O) groups is 1. The Kier molecular flexibility index (Phi) is 3.63. The number of aliphatic hydroxyl groups excluding tert-OH is 1. The number of carbonyl (C=O) groups excluding carboxylic acids is 1. The summed E-state index contributed by atoms with van der Waals surface area (Å²) in [6, 6.07) is 7.15. The van der Waals surface area contributed by atoms with E-state index >= 15 is 0 Å². The van der Waals surface area contributed by atoms with Crippen molar-refractivity contribution in [2.45, 2.75) is 18.1 Å². The molecule has 2 heterocycles. The van der Waals surface area contributed by atoms with Crippen LogP contribution in [0.4, 0.5) is 0 Å². The predicted octanol–water partition coefficient (Wildman–Crippen LogP) is 2.05. The van der Waals surface area contributed by atoms with Crippen LogP contribution in [-0.2, 0) is 12.0 Å². The number of aliphatic hydroxyl groups is 1. The van der Waals surface area contributed by atoms with E-state index in [9.17, 15) is 9.90 Å². The molecule has 0 bridgehead atoms. The van der Waals surface area contributed by atoms with E-state index in [1.54, 1.807) is 26.4 Å². The summed E-state index contributed by atoms with van der Waals surface area (Å²) in [5.74, 6) is 1.99. The number of ether oxygens (including phenoxy) is 4. The first kappa shape index (κ1) is 17.3. The van der Waals surface area contributed by atoms with Crippen molar-refractivity contribution in [1.29, 1.82) is 0 Å². The van der Waals surface area contributed by atoms with E-state index in [2.05, 4.69) is 0 Å². The number of rotatable bonds is 2. The zero-order chi connectivity index (χ0) is 19.6. The first-order chi connectivity index (χ1) is 13.5. The van der Waals surface area contributed by atoms with Gasteiger partial charge in [-0.15, -0.1) is 0 Å². The lowest BCUT2D eigenvalue weighted by Gasteiger charge is -2.45. The first-order valence-electron chi connectivity index (χ1n) is 9.16. The van der Waals surface area contributed by atoms with Crippen molar-refractivity contribution in [2.24, 2.45) is 0 Å². The van der Waals surface area contributed by atoms with E-state index < -0.39 is 11.6 Å². The number of hydrogen-bond donors (Lipinski definition) is 1. The van der Waals surface area contributed by atoms with E-state index in [1.165, 1.54) is 0 Å². The van der Waals surface area contributed by atoms with Crippen molar-refractivity contribution in [3.63, 3.8) is 0 Å². The van der Waals surface area contributed by atoms with Gasteiger partial charge >= 0.3 is 0 Å². The smallest absolute Gasteiger partial charge is 0.231 e. The fourth-order valence-electron chi connectivity index (χ4n) is 4.81. The van der Waals surface area contributed by atoms with Crippen LogP contribution in [0.15, 0.2) is 24.3 Å². The van der Waals surface area contributed by atoms with Crippen LogP contribution in [0.1, 0.15) is 33.2 Å². The maximum Gasteiger partial charge on any atom is 0.231 e. The minimum Gasteiger partial charge on any atom is -0.493 e. The monoisotopic (exact) mass is 383 g/mol. The van der Waals surface area contributed by atoms with Crippen LogP contribution >= 0.6 is 0 Å². The molecule has 146 valence electrons. The van der Waals surface area contributed by atoms with Gasteiger partial charge in [0.1, 0.15) is 11.6 Å². The molecule has 5 rings (SSSR count). The molecule has 1 spiro atoms. The molecule has 3 aliphatic rings. The van der Waals surface area contributed by atoms with Crippen LogP contribution in [-0.4, -0.2) is 50.4 Å². The molecule has 0 amide bonds. The number of Topliss-reactive ketones (excluding diaryl/α,β-unsaturated/α-hetero) is 1. The van der Waals surface area contributed by atoms with Crippen molar-refractivity contribution in [2.75, 3.05) is 34.6 Å². The average Bonchev–Trinajstić information content (AvgIpc) is 3.27. The van der Waals surface area contributed by atoms with Crippen molar-refractivity contribution < 1.29 is 28.8 Å². The zero-order valence-electron chi connectivity index (χ0n) is 15.9. The second-order valence-electron chi connectivity index (χ2n) is 7.29. The molecule has 0 fully saturated rings. The molecule has 1 N–H and O–H groups in total. The van der Waals surface area contributed by atoms with E-state index in [0.717, 1.165) is 17.5 Å². The highest BCUT2D eigenvalue weighted by atomic mass is 16.7. The number of fused-ring (bicyclic) bond motifs is 5. The summed E-state index contributed by atoms with van der Waals surface area (Å²) in [5.41, 5.74) is 1.42. The van der Waals surface area contributed by atoms with Gasteiger partial charge < -0.3 is 24.1 Å². The van der Waals surface area contributed by atoms with Crippen molar-refractivity contribution >= 4 is 5.78 Å². The Morgan fingerprint density at radius 3 is 2.68 bits per heavy atom. The van der Waals surface area contributed by atoms with E-state index in [-0.39, 0.29) is 12.6 Å². The number of methoxy groups -OCH3 is 2. The molecule has 0 unspecified atom stereocenters. The van der Waals surface area contributed by atoms with Crippen molar-refractivity contribution in [1.82, 2.24) is 4.90 Å². The topological polar surface area (TPSA) is 77.5 Å². The molecule has 2 aromatic rings. The molecular formula is C21H21NO6. The Labute approximate surface area is 162 Å². The third-order valence-corrected chi connectivity index (χ3v) is 6.18. The molecular weight excluding hydrogens is 362 g/mol. The number of nitrogens with zero attached hydrogens (tertiary/aromatic N) is 1. The summed E-state index contributed by atoms with van der Waals surface area (Å²) in [7, 11) is 5.01. The minimum atomic E-state index is -1.24. The largest absolute Gasteiger partial charge is 0.493 e. The highest BCUT2D eigenvalue weighted by Gasteiger charge is 2.60. The standard InChI is InChI=1S/C21H21NO6/c1-22-7-6-11-8-15(25-2)16(26-3)9-13(11)21(22)19(23)12-4-5-14-18(28-10-27-14)17(12)20(21)24/h4-5,8-9,20,24H,6-7,10H2,1-3H3/t20-,21+/m0/s1. The Morgan fingerprint density at radius 1 is 1.18 bits per heavy atom. The maximum atomic E-state index is 13.7. The maximum absolute atomic E-state index is 13.7. The summed E-state index contributed by atoms with van der Waals surface area (Å²) in [6.07, 6.45) is -0.351. The molecule has 0 radical (unpaired) electrons. The normalized spacial score (nSPS) is 25.0. The van der Waals surface area contributed by atoms with Gasteiger partial charge in [-0.3, -0.25) is 9.69 Å². The molecule has 0 aromatic heterocycles. The van der Waals surface area contributed by atoms with Gasteiger partial charge in [-0.1, -0.05) is 0 Å². The number of likely N-dealkylation sites (N-methyl/N-ethyl adjacent to an activating group) is 1. The quantitative estimate of drug-likeness (QED) is 0.850. The number of ketones is 1. The highest BCUT2D eigenvalue weighted by molar-refractivity contribution is 6.10. The summed E-state index contributed by atoms with van der Waals surface area (Å²) in [4.78, 5) is 15.7. The fourth-order valence-corrected chi connectivity index (χ4v) is 4.81. The summed E-state index contributed by atoms with van der Waals surface area (Å²) in [5, 5.41) is 11.5. The summed E-state index contributed by atoms with van der Waals surface area (Å²) in [6.45, 7) is 0.704. The molecule has 0 saturated carbocycles. The Hall–Kier alpha value is -2.77. The second-order valence-corrected chi connectivity index (χ2v) is 7.29. The first-order valence-corrected chi connectivity index (χ1v) is 9.16. The van der Waals surface area contributed by atoms with Crippen LogP contribution in [0.2, 0.25) is 0 Å². The SMILES string of the molecule is COc1cc2c(cc1OC)[C@]1(C(=O)c3ccc4c(c3[C@@H]1O)OCO4)N(C)CC2. The van der Waals surface area contributed by atoms with Gasteiger partial charge in [0.15, 0.2) is 28.8 Å². The minimum absolute atomic E-state index is 0.0805. The van der Waals surface area contributed by atoms with Gasteiger partial charge in [0, 0.05) is 17.7 Å². The molecule has 7 heteroatoms. The number of benzene rings is 2. The fraction of sp³-hybridized carbons (Fsp3) is 0.381. The lowest BCUT2D eigenvalue weighted by Crippen LogP contribution is -2.54. The zero-order valence-corrected chi connectivity index (χ0v) is 15.9. The molecule has 28 heavy (non-hydrogen) atoms. The molecule has 1 aliphatic carbocycles. The van der Waals surface area contributed by atoms with Gasteiger partial charge in [0.25, 0.3) is 0 Å². The van der Waals surface area contributed by atoms with E-state index in [4.69, 9.17) is 18.9 Å². The average molecular weight is 383 g/mol. The van der Waals surface area contributed by atoms with Crippen LogP contribution in [0.5, 0.6) is 23.0 Å². The molecule has 0 saturated heterocycles. The number of hydrogen-bond acceptors (Lipinski definition) is 7. The summed E-state index contributed by atoms with van der Waals surface area (Å²) < 4.78 is 22.0. The summed E-state index contributed by atoms with van der Waals surface area (Å²) >= 11 is 0. The lowest BCUT2D eigenvalue weighted by atomic mass is 9.76. The Bertz CT molecular complexity index is 1000. The lowest BCUT2D eigenvalue weighted by molar-refractivity contribution is -0.00852. The van der Waals surface area contributed by atoms with Gasteiger partial charge in [-0.25, -0.2) is 0 Å². The molecule has 2 atom stereocenters. The van der Waals surface area contributed by atoms with Gasteiger partial charge in [0.2, 0.25) is 6.79 Å². The Balaban J connectivity index is 1.78. The van der Waals surface area contributed by atoms with Gasteiger partial charge in [-0.2, -0.15) is 0 Å². The second kappa shape index (κ2) is 5.86. The van der Waals surface area contributed by atoms with Crippen molar-refractivity contribution in [3.05, 3.63) is 46.5 Å². The third kappa shape index (κ3) is 1.92. The molecule has 7 nitrogen and oxygen atoms in total. The van der Waals surface area contributed by atoms with E-state index in [0.29, 0.717) is 40.7 Å². The van der Waals surface area contributed by atoms with Crippen molar-refractivity contribution in [3.8, 4) is 23.0 Å². The van der Waals surface area contributed by atoms with E-state index in [1.807, 2.05) is 24.1 Å². The van der Waals surface area contributed by atoms with Crippen LogP contribution in [0, 0.1) is 0 Å². The van der Waals surface area contributed by atoms with Crippen LogP contribution in [0.3, 0.4) is 0 Å². The predicted molar refractivity (Wildman–Crippen MR) is 99.4 cm³/mol. The third-order valence-electron chi connectivity index (χ3n) is 6.18. The Morgan fingerprint density at radius 2 is 1.93 bits per heavy atom. The molecule has 2 aromatic carbocycles. The highest BCUT2D eigenvalue weighted by Crippen LogP contribution is 2.57. The molecule has 2 aliphatic heterocycles. The van der Waals surface area contributed by atoms with Gasteiger partial charge in [-0.05, 0) is 48.9 Å².